The Morgan fingerprint density at radius 2 is 2.00 bits per heavy atom. The summed E-state index contributed by atoms with van der Waals surface area (Å²) in [7, 11) is 0. The Kier molecular flexibility index (Phi) is 4.77. The summed E-state index contributed by atoms with van der Waals surface area (Å²) in [6.45, 7) is -1.03. The summed E-state index contributed by atoms with van der Waals surface area (Å²) in [6.07, 6.45) is -4.19. The van der Waals surface area contributed by atoms with Gasteiger partial charge in [-0.25, -0.2) is 0 Å². The minimum Gasteiger partial charge on any atom is -0.489 e. The molecule has 0 fully saturated rings. The maximum Gasteiger partial charge on any atom is 0.522 e. The topological polar surface area (TPSA) is 35.5 Å². The molecule has 0 aliphatic carbocycles. The molecular formula is C10H8ClF3O3. The normalized spacial score (nSPS) is 11.3. The first-order valence-electron chi connectivity index (χ1n) is 4.51. The smallest absolute Gasteiger partial charge is 0.489 e. The van der Waals surface area contributed by atoms with Crippen molar-refractivity contribution in [1.82, 2.24) is 0 Å². The fraction of sp³-hybridized carbons (Fsp3) is 0.300. The summed E-state index contributed by atoms with van der Waals surface area (Å²) >= 11 is 5.73. The molecule has 94 valence electrons. The molecule has 0 saturated carbocycles. The van der Waals surface area contributed by atoms with Crippen molar-refractivity contribution in [2.45, 2.75) is 6.36 Å². The van der Waals surface area contributed by atoms with Gasteiger partial charge in [-0.05, 0) is 12.1 Å². The Morgan fingerprint density at radius 3 is 2.59 bits per heavy atom. The molecule has 0 atom stereocenters. The number of halogens is 4. The molecule has 0 unspecified atom stereocenters. The summed E-state index contributed by atoms with van der Waals surface area (Å²) < 4.78 is 43.4. The van der Waals surface area contributed by atoms with Gasteiger partial charge in [-0.3, -0.25) is 9.53 Å². The van der Waals surface area contributed by atoms with Gasteiger partial charge in [0.15, 0.2) is 6.29 Å². The largest absolute Gasteiger partial charge is 0.522 e. The van der Waals surface area contributed by atoms with Crippen molar-refractivity contribution in [1.29, 1.82) is 0 Å². The van der Waals surface area contributed by atoms with Crippen LogP contribution in [0.1, 0.15) is 10.4 Å². The first-order valence-corrected chi connectivity index (χ1v) is 4.89. The maximum atomic E-state index is 11.6. The van der Waals surface area contributed by atoms with Crippen molar-refractivity contribution in [3.8, 4) is 5.75 Å². The lowest BCUT2D eigenvalue weighted by Crippen LogP contribution is -2.18. The number of hydrogen-bond acceptors (Lipinski definition) is 3. The van der Waals surface area contributed by atoms with Crippen LogP contribution in [0.4, 0.5) is 13.2 Å². The molecular weight excluding hydrogens is 261 g/mol. The van der Waals surface area contributed by atoms with E-state index in [2.05, 4.69) is 4.74 Å². The SMILES string of the molecule is O=Cc1cccc(Cl)c1OCCOC(F)(F)F. The third-order valence-corrected chi connectivity index (χ3v) is 2.02. The number of alkyl halides is 3. The van der Waals surface area contributed by atoms with Crippen LogP contribution >= 0.6 is 11.6 Å². The number of para-hydroxylation sites is 1. The lowest BCUT2D eigenvalue weighted by atomic mass is 10.2. The van der Waals surface area contributed by atoms with Crippen molar-refractivity contribution in [3.05, 3.63) is 28.8 Å². The summed E-state index contributed by atoms with van der Waals surface area (Å²) in [5, 5.41) is 0.154. The van der Waals surface area contributed by atoms with Crippen LogP contribution in [0.5, 0.6) is 5.75 Å². The number of carbonyl (C=O) groups is 1. The van der Waals surface area contributed by atoms with E-state index in [0.717, 1.165) is 0 Å². The maximum absolute atomic E-state index is 11.6. The second-order valence-corrected chi connectivity index (χ2v) is 3.33. The Morgan fingerprint density at radius 1 is 1.29 bits per heavy atom. The number of ether oxygens (including phenoxy) is 2. The molecule has 1 aromatic rings. The van der Waals surface area contributed by atoms with Crippen molar-refractivity contribution in [3.63, 3.8) is 0 Å². The third-order valence-electron chi connectivity index (χ3n) is 1.72. The molecule has 1 rings (SSSR count). The van der Waals surface area contributed by atoms with Crippen molar-refractivity contribution in [2.24, 2.45) is 0 Å². The van der Waals surface area contributed by atoms with Crippen molar-refractivity contribution < 1.29 is 27.4 Å². The molecule has 0 aliphatic heterocycles. The quantitative estimate of drug-likeness (QED) is 0.608. The van der Waals surface area contributed by atoms with Gasteiger partial charge in [0, 0.05) is 0 Å². The lowest BCUT2D eigenvalue weighted by Gasteiger charge is -2.11. The Balaban J connectivity index is 2.54. The van der Waals surface area contributed by atoms with Crippen LogP contribution in [-0.2, 0) is 4.74 Å². The van der Waals surface area contributed by atoms with Gasteiger partial charge in [-0.1, -0.05) is 17.7 Å². The molecule has 7 heteroatoms. The van der Waals surface area contributed by atoms with E-state index < -0.39 is 13.0 Å². The van der Waals surface area contributed by atoms with Gasteiger partial charge in [0.1, 0.15) is 12.4 Å². The highest BCUT2D eigenvalue weighted by Crippen LogP contribution is 2.27. The molecule has 0 heterocycles. The van der Waals surface area contributed by atoms with E-state index in [9.17, 15) is 18.0 Å². The standard InChI is InChI=1S/C10H8ClF3O3/c11-8-3-1-2-7(6-15)9(8)16-4-5-17-10(12,13)14/h1-3,6H,4-5H2. The van der Waals surface area contributed by atoms with Crippen LogP contribution in [0.3, 0.4) is 0 Å². The zero-order valence-corrected chi connectivity index (χ0v) is 9.22. The molecule has 0 aliphatic rings. The summed E-state index contributed by atoms with van der Waals surface area (Å²) in [6, 6.07) is 4.44. The van der Waals surface area contributed by atoms with Gasteiger partial charge in [-0.15, -0.1) is 13.2 Å². The van der Waals surface area contributed by atoms with Gasteiger partial charge in [0.2, 0.25) is 0 Å². The van der Waals surface area contributed by atoms with E-state index in [1.807, 2.05) is 0 Å². The fourth-order valence-corrected chi connectivity index (χ4v) is 1.31. The third kappa shape index (κ3) is 4.62. The monoisotopic (exact) mass is 268 g/mol. The highest BCUT2D eigenvalue weighted by molar-refractivity contribution is 6.32. The average molecular weight is 269 g/mol. The molecule has 0 spiro atoms. The first kappa shape index (κ1) is 13.8. The molecule has 0 amide bonds. The second-order valence-electron chi connectivity index (χ2n) is 2.92. The van der Waals surface area contributed by atoms with Crippen LogP contribution in [-0.4, -0.2) is 25.9 Å². The number of benzene rings is 1. The van der Waals surface area contributed by atoms with E-state index in [-0.39, 0.29) is 22.9 Å². The van der Waals surface area contributed by atoms with E-state index in [1.165, 1.54) is 18.2 Å². The van der Waals surface area contributed by atoms with Crippen LogP contribution in [0.2, 0.25) is 5.02 Å². The van der Waals surface area contributed by atoms with Gasteiger partial charge in [0.25, 0.3) is 0 Å². The van der Waals surface area contributed by atoms with E-state index in [0.29, 0.717) is 6.29 Å². The molecule has 1 aromatic carbocycles. The van der Waals surface area contributed by atoms with E-state index in [1.54, 1.807) is 0 Å². The average Bonchev–Trinajstić information content (AvgIpc) is 2.24. The van der Waals surface area contributed by atoms with E-state index >= 15 is 0 Å². The Hall–Kier alpha value is -1.27. The summed E-state index contributed by atoms with van der Waals surface area (Å²) in [5.41, 5.74) is 0.171. The van der Waals surface area contributed by atoms with Crippen LogP contribution in [0, 0.1) is 0 Å². The number of carbonyl (C=O) groups excluding carboxylic acids is 1. The highest BCUT2D eigenvalue weighted by Gasteiger charge is 2.28. The molecule has 3 nitrogen and oxygen atoms in total. The second kappa shape index (κ2) is 5.88. The van der Waals surface area contributed by atoms with E-state index in [4.69, 9.17) is 16.3 Å². The minimum atomic E-state index is -4.70. The van der Waals surface area contributed by atoms with Crippen LogP contribution in [0.15, 0.2) is 18.2 Å². The first-order chi connectivity index (χ1) is 7.94. The molecule has 0 N–H and O–H groups in total. The van der Waals surface area contributed by atoms with Gasteiger partial charge >= 0.3 is 6.36 Å². The van der Waals surface area contributed by atoms with Crippen LogP contribution in [0.25, 0.3) is 0 Å². The molecule has 0 saturated heterocycles. The number of hydrogen-bond donors (Lipinski definition) is 0. The minimum absolute atomic E-state index is 0.0509. The number of aldehydes is 1. The summed E-state index contributed by atoms with van der Waals surface area (Å²) in [4.78, 5) is 10.6. The Labute approximate surface area is 100 Å². The molecule has 0 aromatic heterocycles. The van der Waals surface area contributed by atoms with Gasteiger partial charge in [0.05, 0.1) is 17.2 Å². The fourth-order valence-electron chi connectivity index (χ4n) is 1.07. The summed E-state index contributed by atoms with van der Waals surface area (Å²) in [5.74, 6) is 0.0509. The predicted octanol–water partition coefficient (Wildman–Crippen LogP) is 3.07. The van der Waals surface area contributed by atoms with Gasteiger partial charge < -0.3 is 4.74 Å². The predicted molar refractivity (Wildman–Crippen MR) is 54.3 cm³/mol. The lowest BCUT2D eigenvalue weighted by molar-refractivity contribution is -0.325. The van der Waals surface area contributed by atoms with Crippen molar-refractivity contribution in [2.75, 3.05) is 13.2 Å². The van der Waals surface area contributed by atoms with Crippen molar-refractivity contribution >= 4 is 17.9 Å². The zero-order chi connectivity index (χ0) is 12.9. The molecule has 17 heavy (non-hydrogen) atoms. The highest BCUT2D eigenvalue weighted by atomic mass is 35.5. The zero-order valence-electron chi connectivity index (χ0n) is 8.46. The van der Waals surface area contributed by atoms with Gasteiger partial charge in [-0.2, -0.15) is 0 Å². The molecule has 0 bridgehead atoms. The Bertz CT molecular complexity index is 393. The molecule has 0 radical (unpaired) electrons. The van der Waals surface area contributed by atoms with Crippen LogP contribution < -0.4 is 4.74 Å². The number of rotatable bonds is 5.